The molecule has 0 atom stereocenters. The number of allylic oxidation sites excluding steroid dienone is 3. The van der Waals surface area contributed by atoms with E-state index in [4.69, 9.17) is 14.2 Å². The molecular weight excluding hydrogens is 344 g/mol. The molecule has 5 heteroatoms. The minimum atomic E-state index is -0.450. The van der Waals surface area contributed by atoms with Crippen LogP contribution in [-0.4, -0.2) is 24.5 Å². The van der Waals surface area contributed by atoms with Crippen molar-refractivity contribution >= 4 is 17.8 Å². The van der Waals surface area contributed by atoms with Crippen molar-refractivity contribution in [3.63, 3.8) is 0 Å². The SMILES string of the molecule is CC(C)OC(=O)COc1ccc2c(c1)OC(=CC=Cc1ccccc1)C2=O. The van der Waals surface area contributed by atoms with Gasteiger partial charge in [-0.1, -0.05) is 42.5 Å². The van der Waals surface area contributed by atoms with Crippen molar-refractivity contribution in [2.75, 3.05) is 6.61 Å². The van der Waals surface area contributed by atoms with Crippen LogP contribution in [0.4, 0.5) is 0 Å². The quantitative estimate of drug-likeness (QED) is 0.568. The summed E-state index contributed by atoms with van der Waals surface area (Å²) in [5.41, 5.74) is 1.49. The van der Waals surface area contributed by atoms with Crippen LogP contribution in [0.3, 0.4) is 0 Å². The van der Waals surface area contributed by atoms with Crippen LogP contribution >= 0.6 is 0 Å². The minimum absolute atomic E-state index is 0.187. The molecule has 0 aromatic heterocycles. The summed E-state index contributed by atoms with van der Waals surface area (Å²) in [5.74, 6) is 0.452. The van der Waals surface area contributed by atoms with Crippen molar-refractivity contribution in [2.24, 2.45) is 0 Å². The van der Waals surface area contributed by atoms with Crippen LogP contribution in [-0.2, 0) is 9.53 Å². The van der Waals surface area contributed by atoms with E-state index in [9.17, 15) is 9.59 Å². The van der Waals surface area contributed by atoms with Gasteiger partial charge in [0.05, 0.1) is 11.7 Å². The number of hydrogen-bond acceptors (Lipinski definition) is 5. The number of ketones is 1. The molecule has 0 aliphatic carbocycles. The van der Waals surface area contributed by atoms with Crippen LogP contribution in [0.25, 0.3) is 6.08 Å². The number of rotatable bonds is 6. The summed E-state index contributed by atoms with van der Waals surface area (Å²) in [4.78, 5) is 23.9. The molecule has 0 bridgehead atoms. The maximum absolute atomic E-state index is 12.4. The molecule has 27 heavy (non-hydrogen) atoms. The minimum Gasteiger partial charge on any atom is -0.482 e. The first-order valence-corrected chi connectivity index (χ1v) is 8.65. The van der Waals surface area contributed by atoms with E-state index in [1.54, 1.807) is 44.2 Å². The summed E-state index contributed by atoms with van der Waals surface area (Å²) < 4.78 is 16.1. The van der Waals surface area contributed by atoms with Crippen molar-refractivity contribution in [3.8, 4) is 11.5 Å². The lowest BCUT2D eigenvalue weighted by atomic mass is 10.1. The molecule has 0 spiro atoms. The van der Waals surface area contributed by atoms with E-state index < -0.39 is 5.97 Å². The van der Waals surface area contributed by atoms with Crippen LogP contribution in [0, 0.1) is 0 Å². The van der Waals surface area contributed by atoms with Gasteiger partial charge < -0.3 is 14.2 Å². The van der Waals surface area contributed by atoms with Gasteiger partial charge in [-0.25, -0.2) is 4.79 Å². The predicted molar refractivity (Wildman–Crippen MR) is 102 cm³/mol. The zero-order valence-electron chi connectivity index (χ0n) is 15.2. The molecule has 3 rings (SSSR count). The van der Waals surface area contributed by atoms with Gasteiger partial charge in [0.15, 0.2) is 12.4 Å². The van der Waals surface area contributed by atoms with Crippen LogP contribution < -0.4 is 9.47 Å². The monoisotopic (exact) mass is 364 g/mol. The Morgan fingerprint density at radius 2 is 1.93 bits per heavy atom. The molecule has 0 amide bonds. The lowest BCUT2D eigenvalue weighted by Crippen LogP contribution is -2.18. The fourth-order valence-corrected chi connectivity index (χ4v) is 2.52. The fourth-order valence-electron chi connectivity index (χ4n) is 2.52. The molecule has 5 nitrogen and oxygen atoms in total. The lowest BCUT2D eigenvalue weighted by Gasteiger charge is -2.09. The summed E-state index contributed by atoms with van der Waals surface area (Å²) in [7, 11) is 0. The Labute approximate surface area is 157 Å². The highest BCUT2D eigenvalue weighted by Gasteiger charge is 2.27. The number of Topliss-reactive ketones (excluding diaryl/α,β-unsaturated/α-hetero) is 1. The Morgan fingerprint density at radius 3 is 2.67 bits per heavy atom. The third-order valence-corrected chi connectivity index (χ3v) is 3.70. The molecule has 0 unspecified atom stereocenters. The van der Waals surface area contributed by atoms with Gasteiger partial charge in [-0.3, -0.25) is 4.79 Å². The van der Waals surface area contributed by atoms with Crippen molar-refractivity contribution in [3.05, 3.63) is 77.6 Å². The van der Waals surface area contributed by atoms with Gasteiger partial charge in [0.2, 0.25) is 5.78 Å². The van der Waals surface area contributed by atoms with Crippen molar-refractivity contribution in [1.29, 1.82) is 0 Å². The second kappa shape index (κ2) is 8.36. The summed E-state index contributed by atoms with van der Waals surface area (Å²) in [6.45, 7) is 3.34. The molecule has 2 aromatic carbocycles. The fraction of sp³-hybridized carbons (Fsp3) is 0.182. The summed E-state index contributed by atoms with van der Waals surface area (Å²) in [5, 5.41) is 0. The lowest BCUT2D eigenvalue weighted by molar-refractivity contribution is -0.149. The highest BCUT2D eigenvalue weighted by Crippen LogP contribution is 2.34. The van der Waals surface area contributed by atoms with E-state index in [2.05, 4.69) is 0 Å². The van der Waals surface area contributed by atoms with E-state index >= 15 is 0 Å². The Morgan fingerprint density at radius 1 is 1.15 bits per heavy atom. The molecular formula is C22H20O5. The largest absolute Gasteiger partial charge is 0.482 e. The maximum atomic E-state index is 12.4. The molecule has 2 aromatic rings. The van der Waals surface area contributed by atoms with Gasteiger partial charge in [-0.2, -0.15) is 0 Å². The average Bonchev–Trinajstić information content (AvgIpc) is 2.96. The summed E-state index contributed by atoms with van der Waals surface area (Å²) in [6.07, 6.45) is 5.10. The van der Waals surface area contributed by atoms with E-state index in [1.807, 2.05) is 36.4 Å². The van der Waals surface area contributed by atoms with E-state index in [0.29, 0.717) is 17.1 Å². The number of hydrogen-bond donors (Lipinski definition) is 0. The van der Waals surface area contributed by atoms with Gasteiger partial charge >= 0.3 is 5.97 Å². The van der Waals surface area contributed by atoms with Crippen molar-refractivity contribution in [2.45, 2.75) is 20.0 Å². The molecule has 1 aliphatic rings. The molecule has 0 saturated carbocycles. The van der Waals surface area contributed by atoms with Crippen LogP contribution in [0.15, 0.2) is 66.4 Å². The van der Waals surface area contributed by atoms with Gasteiger partial charge in [0.1, 0.15) is 11.5 Å². The molecule has 1 aliphatic heterocycles. The Balaban J connectivity index is 1.65. The third kappa shape index (κ3) is 4.85. The first kappa shape index (κ1) is 18.5. The van der Waals surface area contributed by atoms with Crippen LogP contribution in [0.5, 0.6) is 11.5 Å². The summed E-state index contributed by atoms with van der Waals surface area (Å²) >= 11 is 0. The number of fused-ring (bicyclic) bond motifs is 1. The van der Waals surface area contributed by atoms with Gasteiger partial charge in [0, 0.05) is 6.07 Å². The van der Waals surface area contributed by atoms with Gasteiger partial charge in [-0.15, -0.1) is 0 Å². The van der Waals surface area contributed by atoms with Crippen molar-refractivity contribution < 1.29 is 23.8 Å². The number of ether oxygens (including phenoxy) is 3. The zero-order valence-corrected chi connectivity index (χ0v) is 15.2. The number of benzene rings is 2. The number of carbonyl (C=O) groups excluding carboxylic acids is 2. The molecule has 0 radical (unpaired) electrons. The number of esters is 1. The Bertz CT molecular complexity index is 894. The zero-order chi connectivity index (χ0) is 19.2. The van der Waals surface area contributed by atoms with Gasteiger partial charge in [0.25, 0.3) is 0 Å². The summed E-state index contributed by atoms with van der Waals surface area (Å²) in [6, 6.07) is 14.6. The highest BCUT2D eigenvalue weighted by molar-refractivity contribution is 6.12. The van der Waals surface area contributed by atoms with E-state index in [0.717, 1.165) is 5.56 Å². The second-order valence-corrected chi connectivity index (χ2v) is 6.22. The molecule has 0 N–H and O–H groups in total. The van der Waals surface area contributed by atoms with E-state index in [-0.39, 0.29) is 24.3 Å². The van der Waals surface area contributed by atoms with E-state index in [1.165, 1.54) is 0 Å². The maximum Gasteiger partial charge on any atom is 0.344 e. The molecule has 1 heterocycles. The second-order valence-electron chi connectivity index (χ2n) is 6.22. The Hall–Kier alpha value is -3.34. The van der Waals surface area contributed by atoms with Crippen LogP contribution in [0.1, 0.15) is 29.8 Å². The van der Waals surface area contributed by atoms with Crippen LogP contribution in [0.2, 0.25) is 0 Å². The average molecular weight is 364 g/mol. The third-order valence-electron chi connectivity index (χ3n) is 3.70. The molecule has 138 valence electrons. The highest BCUT2D eigenvalue weighted by atomic mass is 16.6. The molecule has 0 fully saturated rings. The van der Waals surface area contributed by atoms with Gasteiger partial charge in [-0.05, 0) is 37.6 Å². The molecule has 0 saturated heterocycles. The normalized spacial score (nSPS) is 14.5. The Kier molecular flexibility index (Phi) is 5.71. The topological polar surface area (TPSA) is 61.8 Å². The first-order valence-electron chi connectivity index (χ1n) is 8.65. The standard InChI is InChI=1S/C22H20O5/c1-15(2)26-21(23)14-25-17-11-12-18-20(13-17)27-19(22(18)24)10-6-9-16-7-4-3-5-8-16/h3-13,15H,14H2,1-2H3. The number of carbonyl (C=O) groups is 2. The predicted octanol–water partition coefficient (Wildman–Crippen LogP) is 4.19. The van der Waals surface area contributed by atoms with Crippen molar-refractivity contribution in [1.82, 2.24) is 0 Å². The smallest absolute Gasteiger partial charge is 0.344 e. The first-order chi connectivity index (χ1) is 13.0.